The van der Waals surface area contributed by atoms with Crippen molar-refractivity contribution in [2.75, 3.05) is 59.6 Å². The van der Waals surface area contributed by atoms with Crippen LogP contribution < -0.4 is 19.7 Å². The van der Waals surface area contributed by atoms with Gasteiger partial charge in [0.1, 0.15) is 17.7 Å². The van der Waals surface area contributed by atoms with E-state index >= 15 is 0 Å². The van der Waals surface area contributed by atoms with Crippen molar-refractivity contribution in [1.82, 2.24) is 24.7 Å². The summed E-state index contributed by atoms with van der Waals surface area (Å²) in [5, 5.41) is 3.66. The first-order valence-electron chi connectivity index (χ1n) is 11.2. The topological polar surface area (TPSA) is 70.4 Å². The highest BCUT2D eigenvalue weighted by Crippen LogP contribution is 2.38. The zero-order chi connectivity index (χ0) is 22.9. The molecular formula is C24H31N7O2. The lowest BCUT2D eigenvalue weighted by atomic mass is 10.1. The molecule has 5 rings (SSSR count). The van der Waals surface area contributed by atoms with Gasteiger partial charge in [-0.25, -0.2) is 9.98 Å². The molecule has 33 heavy (non-hydrogen) atoms. The van der Waals surface area contributed by atoms with Gasteiger partial charge in [-0.05, 0) is 51.3 Å². The molecule has 0 amide bonds. The van der Waals surface area contributed by atoms with Crippen LogP contribution in [0.2, 0.25) is 0 Å². The zero-order valence-electron chi connectivity index (χ0n) is 19.7. The summed E-state index contributed by atoms with van der Waals surface area (Å²) in [7, 11) is 7.56. The molecule has 0 saturated carbocycles. The molecule has 0 fully saturated rings. The minimum atomic E-state index is -0.205. The first-order valence-corrected chi connectivity index (χ1v) is 11.2. The molecule has 0 saturated heterocycles. The van der Waals surface area contributed by atoms with Gasteiger partial charge in [0.25, 0.3) is 0 Å². The fourth-order valence-electron chi connectivity index (χ4n) is 4.52. The predicted octanol–water partition coefficient (Wildman–Crippen LogP) is 2.55. The van der Waals surface area contributed by atoms with Gasteiger partial charge in [-0.15, -0.1) is 0 Å². The van der Waals surface area contributed by atoms with Crippen LogP contribution in [0.15, 0.2) is 47.5 Å². The fourth-order valence-corrected chi connectivity index (χ4v) is 4.52. The molecule has 1 aromatic heterocycles. The summed E-state index contributed by atoms with van der Waals surface area (Å²) >= 11 is 0. The average Bonchev–Trinajstić information content (AvgIpc) is 3.23. The van der Waals surface area contributed by atoms with Gasteiger partial charge in [-0.3, -0.25) is 14.4 Å². The first-order chi connectivity index (χ1) is 16.1. The van der Waals surface area contributed by atoms with Crippen LogP contribution in [0.5, 0.6) is 11.5 Å². The van der Waals surface area contributed by atoms with Gasteiger partial charge in [0.15, 0.2) is 0 Å². The number of rotatable bonds is 7. The van der Waals surface area contributed by atoms with E-state index < -0.39 is 0 Å². The molecule has 1 N–H and O–H groups in total. The smallest absolute Gasteiger partial charge is 0.216 e. The minimum Gasteiger partial charge on any atom is -0.497 e. The highest BCUT2D eigenvalue weighted by molar-refractivity contribution is 5.99. The van der Waals surface area contributed by atoms with E-state index in [0.29, 0.717) is 6.67 Å². The second kappa shape index (κ2) is 8.92. The van der Waals surface area contributed by atoms with Gasteiger partial charge in [0, 0.05) is 18.2 Å². The van der Waals surface area contributed by atoms with Crippen LogP contribution in [-0.2, 0) is 0 Å². The fraction of sp³-hybridized carbons (Fsp3) is 0.417. The van der Waals surface area contributed by atoms with E-state index in [1.165, 1.54) is 0 Å². The van der Waals surface area contributed by atoms with E-state index in [4.69, 9.17) is 19.5 Å². The number of guanidine groups is 1. The minimum absolute atomic E-state index is 0.205. The summed E-state index contributed by atoms with van der Waals surface area (Å²) < 4.78 is 13.4. The van der Waals surface area contributed by atoms with E-state index in [0.717, 1.165) is 66.2 Å². The van der Waals surface area contributed by atoms with Crippen LogP contribution in [0.25, 0.3) is 11.0 Å². The number of ether oxygens (including phenoxy) is 2. The zero-order valence-corrected chi connectivity index (χ0v) is 19.7. The van der Waals surface area contributed by atoms with Crippen LogP contribution in [-0.4, -0.2) is 80.1 Å². The monoisotopic (exact) mass is 449 g/mol. The molecule has 174 valence electrons. The van der Waals surface area contributed by atoms with E-state index in [2.05, 4.69) is 50.8 Å². The molecule has 3 aromatic rings. The standard InChI is InChI=1S/C24H31N7O2/c1-28(2)12-7-13-29-15-25-23-27-22(18-11-10-17(32-3)14-21(18)33-4)31-20-9-6-5-8-19(20)26-24(31)30(23)16-29/h5-6,8-11,14,22H,7,12-13,15-16H2,1-4H3,(H,25,27)/t22-/m0/s1. The van der Waals surface area contributed by atoms with Crippen LogP contribution in [0.4, 0.5) is 5.95 Å². The number of anilines is 1. The molecule has 0 spiro atoms. The SMILES string of the molecule is COc1ccc([C@H]2NC3=NCN(CCCN(C)C)CN3c3nc4ccccc4n32)c(OC)c1. The van der Waals surface area contributed by atoms with Crippen LogP contribution in [0.1, 0.15) is 18.2 Å². The van der Waals surface area contributed by atoms with Gasteiger partial charge in [0.2, 0.25) is 11.9 Å². The summed E-state index contributed by atoms with van der Waals surface area (Å²) in [6.45, 7) is 3.46. The summed E-state index contributed by atoms with van der Waals surface area (Å²) in [6, 6.07) is 14.1. The number of aromatic nitrogens is 2. The molecular weight excluding hydrogens is 418 g/mol. The molecule has 0 bridgehead atoms. The summed E-state index contributed by atoms with van der Waals surface area (Å²) in [6.07, 6.45) is 0.893. The lowest BCUT2D eigenvalue weighted by Crippen LogP contribution is -2.57. The summed E-state index contributed by atoms with van der Waals surface area (Å²) in [5.41, 5.74) is 3.02. The molecule has 0 unspecified atom stereocenters. The lowest BCUT2D eigenvalue weighted by Gasteiger charge is -2.42. The van der Waals surface area contributed by atoms with Crippen molar-refractivity contribution in [1.29, 1.82) is 0 Å². The van der Waals surface area contributed by atoms with Crippen molar-refractivity contribution in [3.63, 3.8) is 0 Å². The molecule has 9 nitrogen and oxygen atoms in total. The molecule has 0 radical (unpaired) electrons. The van der Waals surface area contributed by atoms with Crippen LogP contribution in [0.3, 0.4) is 0 Å². The van der Waals surface area contributed by atoms with Crippen LogP contribution in [0, 0.1) is 0 Å². The Balaban J connectivity index is 1.55. The average molecular weight is 450 g/mol. The third-order valence-corrected chi connectivity index (χ3v) is 6.18. The van der Waals surface area contributed by atoms with Crippen molar-refractivity contribution < 1.29 is 9.47 Å². The maximum Gasteiger partial charge on any atom is 0.216 e. The normalized spacial score (nSPS) is 18.0. The Morgan fingerprint density at radius 1 is 1.12 bits per heavy atom. The molecule has 3 heterocycles. The largest absolute Gasteiger partial charge is 0.497 e. The highest BCUT2D eigenvalue weighted by atomic mass is 16.5. The van der Waals surface area contributed by atoms with E-state index in [1.807, 2.05) is 30.3 Å². The van der Waals surface area contributed by atoms with E-state index in [-0.39, 0.29) is 6.17 Å². The van der Waals surface area contributed by atoms with Gasteiger partial charge in [0.05, 0.1) is 38.6 Å². The second-order valence-electron chi connectivity index (χ2n) is 8.67. The van der Waals surface area contributed by atoms with Gasteiger partial charge < -0.3 is 19.7 Å². The molecule has 2 aromatic carbocycles. The predicted molar refractivity (Wildman–Crippen MR) is 130 cm³/mol. The molecule has 9 heteroatoms. The third kappa shape index (κ3) is 3.98. The number of imidazole rings is 1. The summed E-state index contributed by atoms with van der Waals surface area (Å²) in [4.78, 5) is 16.6. The molecule has 0 aliphatic carbocycles. The highest BCUT2D eigenvalue weighted by Gasteiger charge is 2.36. The molecule has 2 aliphatic heterocycles. The van der Waals surface area contributed by atoms with Crippen molar-refractivity contribution in [2.45, 2.75) is 12.6 Å². The number of methoxy groups -OCH3 is 2. The Hall–Kier alpha value is -3.30. The number of aliphatic imine (C=N–C) groups is 1. The number of benzene rings is 2. The maximum absolute atomic E-state index is 5.74. The van der Waals surface area contributed by atoms with Gasteiger partial charge >= 0.3 is 0 Å². The van der Waals surface area contributed by atoms with Crippen molar-refractivity contribution in [2.24, 2.45) is 4.99 Å². The number of hydrogen-bond donors (Lipinski definition) is 1. The summed E-state index contributed by atoms with van der Waals surface area (Å²) in [5.74, 6) is 3.23. The second-order valence-corrected chi connectivity index (χ2v) is 8.67. The molecule has 2 aliphatic rings. The Morgan fingerprint density at radius 2 is 1.97 bits per heavy atom. The first kappa shape index (κ1) is 21.5. The van der Waals surface area contributed by atoms with Gasteiger partial charge in [-0.2, -0.15) is 0 Å². The number of nitrogens with zero attached hydrogens (tertiary/aromatic N) is 6. The van der Waals surface area contributed by atoms with E-state index in [9.17, 15) is 0 Å². The Kier molecular flexibility index (Phi) is 5.82. The quantitative estimate of drug-likeness (QED) is 0.594. The molecule has 1 atom stereocenters. The van der Waals surface area contributed by atoms with Crippen molar-refractivity contribution >= 4 is 22.9 Å². The number of fused-ring (bicyclic) bond motifs is 5. The van der Waals surface area contributed by atoms with E-state index in [1.54, 1.807) is 14.2 Å². The number of nitrogens with one attached hydrogen (secondary N) is 1. The third-order valence-electron chi connectivity index (χ3n) is 6.18. The van der Waals surface area contributed by atoms with Crippen molar-refractivity contribution in [3.05, 3.63) is 48.0 Å². The Morgan fingerprint density at radius 3 is 2.76 bits per heavy atom. The maximum atomic E-state index is 5.74. The van der Waals surface area contributed by atoms with Gasteiger partial charge in [-0.1, -0.05) is 12.1 Å². The Labute approximate surface area is 194 Å². The number of hydrogen-bond acceptors (Lipinski definition) is 8. The van der Waals surface area contributed by atoms with Crippen molar-refractivity contribution in [3.8, 4) is 11.5 Å². The van der Waals surface area contributed by atoms with Crippen LogP contribution >= 0.6 is 0 Å². The number of para-hydroxylation sites is 2. The lowest BCUT2D eigenvalue weighted by molar-refractivity contribution is 0.253. The Bertz CT molecular complexity index is 1170.